The van der Waals surface area contributed by atoms with E-state index in [1.54, 1.807) is 7.11 Å². The molecule has 1 saturated heterocycles. The smallest absolute Gasteiger partial charge is 0.208 e. The van der Waals surface area contributed by atoms with Crippen LogP contribution < -0.4 is 0 Å². The van der Waals surface area contributed by atoms with Gasteiger partial charge in [0.25, 0.3) is 0 Å². The third-order valence-electron chi connectivity index (χ3n) is 2.80. The van der Waals surface area contributed by atoms with Gasteiger partial charge in [-0.15, -0.1) is 0 Å². The molecule has 1 unspecified atom stereocenters. The van der Waals surface area contributed by atoms with Crippen LogP contribution in [0.2, 0.25) is 0 Å². The summed E-state index contributed by atoms with van der Waals surface area (Å²) >= 11 is 0. The molecular weight excluding hydrogens is 204 g/mol. The van der Waals surface area contributed by atoms with Crippen molar-refractivity contribution in [1.29, 1.82) is 0 Å². The Morgan fingerprint density at radius 1 is 1.19 bits per heavy atom. The summed E-state index contributed by atoms with van der Waals surface area (Å²) in [5.74, 6) is -0.648. The fourth-order valence-corrected chi connectivity index (χ4v) is 2.07. The Kier molecular flexibility index (Phi) is 3.02. The van der Waals surface area contributed by atoms with Crippen LogP contribution in [-0.2, 0) is 20.9 Å². The summed E-state index contributed by atoms with van der Waals surface area (Å²) in [5.41, 5.74) is 0.899. The van der Waals surface area contributed by atoms with Gasteiger partial charge >= 0.3 is 0 Å². The van der Waals surface area contributed by atoms with Crippen LogP contribution in [0.5, 0.6) is 0 Å². The van der Waals surface area contributed by atoms with Crippen molar-refractivity contribution in [1.82, 2.24) is 0 Å². The van der Waals surface area contributed by atoms with Crippen LogP contribution in [0.25, 0.3) is 0 Å². The first-order chi connectivity index (χ1) is 7.55. The summed E-state index contributed by atoms with van der Waals surface area (Å²) in [6.07, 6.45) is 1.43. The van der Waals surface area contributed by atoms with Gasteiger partial charge in [-0.25, -0.2) is 9.78 Å². The van der Waals surface area contributed by atoms with Gasteiger partial charge in [-0.2, -0.15) is 0 Å². The normalized spacial score (nSPS) is 28.2. The number of benzene rings is 1. The zero-order valence-corrected chi connectivity index (χ0v) is 10.0. The molecule has 1 heterocycles. The molecule has 0 saturated carbocycles. The third kappa shape index (κ3) is 2.43. The average Bonchev–Trinajstić information content (AvgIpc) is 2.57. The molecule has 3 heteroatoms. The van der Waals surface area contributed by atoms with Crippen LogP contribution in [0, 0.1) is 0 Å². The van der Waals surface area contributed by atoms with E-state index in [1.165, 1.54) is 5.56 Å². The predicted molar refractivity (Wildman–Crippen MR) is 60.8 cm³/mol. The topological polar surface area (TPSA) is 27.7 Å². The molecule has 0 N–H and O–H groups in total. The summed E-state index contributed by atoms with van der Waals surface area (Å²) in [4.78, 5) is 10.7. The highest BCUT2D eigenvalue weighted by Crippen LogP contribution is 2.38. The van der Waals surface area contributed by atoms with Gasteiger partial charge in [0.1, 0.15) is 5.60 Å². The molecule has 0 radical (unpaired) electrons. The second kappa shape index (κ2) is 4.17. The fourth-order valence-electron chi connectivity index (χ4n) is 2.07. The minimum atomic E-state index is -0.648. The Morgan fingerprint density at radius 3 is 2.38 bits per heavy atom. The zero-order valence-electron chi connectivity index (χ0n) is 10.0. The first kappa shape index (κ1) is 11.6. The molecule has 1 aromatic rings. The molecule has 0 aliphatic carbocycles. The highest BCUT2D eigenvalue weighted by atomic mass is 17.2. The van der Waals surface area contributed by atoms with E-state index < -0.39 is 5.79 Å². The summed E-state index contributed by atoms with van der Waals surface area (Å²) in [6, 6.07) is 10.2. The Bertz CT molecular complexity index is 347. The SMILES string of the molecule is COC1(Cc2ccccc2)CC(C)(C)OO1. The fraction of sp³-hybridized carbons (Fsp3) is 0.538. The molecule has 1 fully saturated rings. The summed E-state index contributed by atoms with van der Waals surface area (Å²) in [5, 5.41) is 0. The maximum atomic E-state index is 5.49. The van der Waals surface area contributed by atoms with Crippen LogP contribution in [0.3, 0.4) is 0 Å². The largest absolute Gasteiger partial charge is 0.350 e. The Morgan fingerprint density at radius 2 is 1.88 bits per heavy atom. The van der Waals surface area contributed by atoms with E-state index in [2.05, 4.69) is 12.1 Å². The van der Waals surface area contributed by atoms with Crippen molar-refractivity contribution in [3.8, 4) is 0 Å². The summed E-state index contributed by atoms with van der Waals surface area (Å²) in [7, 11) is 1.66. The van der Waals surface area contributed by atoms with Gasteiger partial charge in [0.2, 0.25) is 5.79 Å². The van der Waals surface area contributed by atoms with Crippen molar-refractivity contribution in [2.45, 2.75) is 38.1 Å². The second-order valence-corrected chi connectivity index (χ2v) is 4.88. The number of rotatable bonds is 3. The van der Waals surface area contributed by atoms with E-state index >= 15 is 0 Å². The van der Waals surface area contributed by atoms with Gasteiger partial charge in [-0.3, -0.25) is 0 Å². The molecule has 0 amide bonds. The van der Waals surface area contributed by atoms with Crippen LogP contribution in [-0.4, -0.2) is 18.5 Å². The van der Waals surface area contributed by atoms with Crippen molar-refractivity contribution < 1.29 is 14.5 Å². The average molecular weight is 222 g/mol. The number of methoxy groups -OCH3 is 1. The molecule has 1 atom stereocenters. The van der Waals surface area contributed by atoms with Crippen LogP contribution in [0.4, 0.5) is 0 Å². The van der Waals surface area contributed by atoms with Crippen LogP contribution >= 0.6 is 0 Å². The Labute approximate surface area is 96.3 Å². The highest BCUT2D eigenvalue weighted by molar-refractivity contribution is 5.16. The third-order valence-corrected chi connectivity index (χ3v) is 2.80. The molecule has 0 bridgehead atoms. The lowest BCUT2D eigenvalue weighted by atomic mass is 9.94. The van der Waals surface area contributed by atoms with Crippen molar-refractivity contribution in [3.05, 3.63) is 35.9 Å². The van der Waals surface area contributed by atoms with Crippen molar-refractivity contribution >= 4 is 0 Å². The molecule has 16 heavy (non-hydrogen) atoms. The van der Waals surface area contributed by atoms with Gasteiger partial charge in [0, 0.05) is 20.0 Å². The molecule has 3 nitrogen and oxygen atoms in total. The van der Waals surface area contributed by atoms with E-state index in [-0.39, 0.29) is 5.60 Å². The molecular formula is C13H18O3. The van der Waals surface area contributed by atoms with Gasteiger partial charge < -0.3 is 4.74 Å². The lowest BCUT2D eigenvalue weighted by Gasteiger charge is -2.24. The molecule has 0 aromatic heterocycles. The zero-order chi connectivity index (χ0) is 11.6. The van der Waals surface area contributed by atoms with Crippen molar-refractivity contribution in [2.75, 3.05) is 7.11 Å². The molecule has 1 aliphatic heterocycles. The van der Waals surface area contributed by atoms with Crippen LogP contribution in [0.1, 0.15) is 25.8 Å². The standard InChI is InChI=1S/C13H18O3/c1-12(2)10-13(14-3,16-15-12)9-11-7-5-4-6-8-11/h4-8H,9-10H2,1-3H3. The number of hydrogen-bond acceptors (Lipinski definition) is 3. The monoisotopic (exact) mass is 222 g/mol. The maximum absolute atomic E-state index is 5.49. The lowest BCUT2D eigenvalue weighted by molar-refractivity contribution is -0.394. The van der Waals surface area contributed by atoms with E-state index in [0.29, 0.717) is 6.42 Å². The minimum absolute atomic E-state index is 0.287. The molecule has 1 aromatic carbocycles. The van der Waals surface area contributed by atoms with Gasteiger partial charge in [-0.05, 0) is 19.4 Å². The Hall–Kier alpha value is -0.900. The first-order valence-corrected chi connectivity index (χ1v) is 5.51. The van der Waals surface area contributed by atoms with E-state index in [9.17, 15) is 0 Å². The molecule has 2 rings (SSSR count). The lowest BCUT2D eigenvalue weighted by Crippen LogP contribution is -2.34. The first-order valence-electron chi connectivity index (χ1n) is 5.51. The minimum Gasteiger partial charge on any atom is -0.350 e. The second-order valence-electron chi connectivity index (χ2n) is 4.88. The van der Waals surface area contributed by atoms with Crippen molar-refractivity contribution in [3.63, 3.8) is 0 Å². The maximum Gasteiger partial charge on any atom is 0.208 e. The van der Waals surface area contributed by atoms with Gasteiger partial charge in [0.15, 0.2) is 0 Å². The van der Waals surface area contributed by atoms with Crippen LogP contribution in [0.15, 0.2) is 30.3 Å². The van der Waals surface area contributed by atoms with E-state index in [4.69, 9.17) is 14.5 Å². The number of hydrogen-bond donors (Lipinski definition) is 0. The molecule has 1 aliphatic rings. The van der Waals surface area contributed by atoms with Crippen molar-refractivity contribution in [2.24, 2.45) is 0 Å². The predicted octanol–water partition coefficient (Wildman–Crippen LogP) is 2.70. The number of ether oxygens (including phenoxy) is 1. The van der Waals surface area contributed by atoms with Gasteiger partial charge in [0.05, 0.1) is 0 Å². The Balaban J connectivity index is 2.13. The summed E-state index contributed by atoms with van der Waals surface area (Å²) in [6.45, 7) is 4.00. The quantitative estimate of drug-likeness (QED) is 0.736. The summed E-state index contributed by atoms with van der Waals surface area (Å²) < 4.78 is 5.49. The highest BCUT2D eigenvalue weighted by Gasteiger charge is 2.47. The van der Waals surface area contributed by atoms with E-state index in [1.807, 2.05) is 32.0 Å². The molecule has 0 spiro atoms. The van der Waals surface area contributed by atoms with E-state index in [0.717, 1.165) is 6.42 Å². The molecule has 88 valence electrons. The van der Waals surface area contributed by atoms with Gasteiger partial charge in [-0.1, -0.05) is 30.3 Å².